The maximum absolute atomic E-state index is 13.5. The fraction of sp³-hybridized carbons (Fsp3) is 0.879. The third-order valence-corrected chi connectivity index (χ3v) is 13.8. The first kappa shape index (κ1) is 29.1. The quantitative estimate of drug-likeness (QED) is 0.335. The third kappa shape index (κ3) is 3.58. The Labute approximate surface area is 235 Å². The van der Waals surface area contributed by atoms with Crippen molar-refractivity contribution in [3.63, 3.8) is 0 Å². The highest BCUT2D eigenvalue weighted by Crippen LogP contribution is 2.76. The Morgan fingerprint density at radius 3 is 2.28 bits per heavy atom. The van der Waals surface area contributed by atoms with E-state index in [1.807, 2.05) is 6.92 Å². The van der Waals surface area contributed by atoms with E-state index in [9.17, 15) is 19.8 Å². The SMILES string of the molecule is COC(=O)[C@]12CC[C@@H](C)[C@@](C)(O)[C@H]1C1=CC[C@@H]3[C@@]4(C)CC[C@H](OC(C)=O)C(C)(C)[C@@H]4[C@H](O)C[C@@]3(C)[C@]1(C)CC2. The zero-order valence-electron chi connectivity index (χ0n) is 25.7. The van der Waals surface area contributed by atoms with Crippen molar-refractivity contribution in [3.05, 3.63) is 11.6 Å². The topological polar surface area (TPSA) is 93.1 Å². The van der Waals surface area contributed by atoms with Gasteiger partial charge in [-0.1, -0.05) is 53.2 Å². The van der Waals surface area contributed by atoms with Gasteiger partial charge < -0.3 is 19.7 Å². The Morgan fingerprint density at radius 1 is 1.00 bits per heavy atom. The minimum absolute atomic E-state index is 0.00952. The number of methoxy groups -OCH3 is 1. The molecule has 5 rings (SSSR count). The van der Waals surface area contributed by atoms with Crippen molar-refractivity contribution in [1.29, 1.82) is 0 Å². The molecule has 0 heterocycles. The number of hydrogen-bond acceptors (Lipinski definition) is 6. The summed E-state index contributed by atoms with van der Waals surface area (Å²) in [4.78, 5) is 25.4. The summed E-state index contributed by atoms with van der Waals surface area (Å²) < 4.78 is 11.3. The molecule has 4 saturated carbocycles. The number of rotatable bonds is 2. The molecule has 0 spiro atoms. The van der Waals surface area contributed by atoms with Crippen LogP contribution in [-0.4, -0.2) is 47.1 Å². The molecular formula is C33H52O6. The Balaban J connectivity index is 1.62. The normalized spacial score (nSPS) is 52.2. The van der Waals surface area contributed by atoms with Crippen LogP contribution in [0.15, 0.2) is 11.6 Å². The average Bonchev–Trinajstić information content (AvgIpc) is 2.82. The molecule has 5 aliphatic rings. The van der Waals surface area contributed by atoms with Crippen LogP contribution in [0.3, 0.4) is 0 Å². The van der Waals surface area contributed by atoms with Crippen molar-refractivity contribution in [2.24, 2.45) is 50.7 Å². The predicted molar refractivity (Wildman–Crippen MR) is 149 cm³/mol. The number of hydrogen-bond donors (Lipinski definition) is 2. The Hall–Kier alpha value is -1.40. The number of aliphatic hydroxyl groups excluding tert-OH is 1. The number of carbonyl (C=O) groups excluding carboxylic acids is 2. The van der Waals surface area contributed by atoms with E-state index in [0.29, 0.717) is 18.8 Å². The van der Waals surface area contributed by atoms with E-state index >= 15 is 0 Å². The molecule has 6 nitrogen and oxygen atoms in total. The van der Waals surface area contributed by atoms with Gasteiger partial charge in [-0.05, 0) is 92.3 Å². The summed E-state index contributed by atoms with van der Waals surface area (Å²) in [6.07, 6.45) is 7.98. The highest BCUT2D eigenvalue weighted by Gasteiger charge is 2.73. The van der Waals surface area contributed by atoms with Crippen LogP contribution >= 0.6 is 0 Å². The maximum atomic E-state index is 13.5. The van der Waals surface area contributed by atoms with Crippen LogP contribution in [0.2, 0.25) is 0 Å². The van der Waals surface area contributed by atoms with Crippen molar-refractivity contribution in [2.75, 3.05) is 7.11 Å². The van der Waals surface area contributed by atoms with Crippen LogP contribution < -0.4 is 0 Å². The summed E-state index contributed by atoms with van der Waals surface area (Å²) in [5, 5.41) is 24.1. The van der Waals surface area contributed by atoms with E-state index in [2.05, 4.69) is 47.6 Å². The van der Waals surface area contributed by atoms with E-state index < -0.39 is 17.1 Å². The van der Waals surface area contributed by atoms with Crippen LogP contribution in [0.4, 0.5) is 0 Å². The van der Waals surface area contributed by atoms with Gasteiger partial charge in [-0.3, -0.25) is 9.59 Å². The zero-order chi connectivity index (χ0) is 29.0. The smallest absolute Gasteiger partial charge is 0.312 e. The van der Waals surface area contributed by atoms with Gasteiger partial charge in [0, 0.05) is 18.3 Å². The molecule has 0 aromatic rings. The largest absolute Gasteiger partial charge is 0.469 e. The number of esters is 2. The molecule has 11 atom stereocenters. The van der Waals surface area contributed by atoms with Gasteiger partial charge in [0.25, 0.3) is 0 Å². The number of ether oxygens (including phenoxy) is 2. The highest BCUT2D eigenvalue weighted by molar-refractivity contribution is 5.79. The molecule has 0 radical (unpaired) electrons. The molecule has 5 aliphatic carbocycles. The molecule has 0 aromatic heterocycles. The molecule has 0 bridgehead atoms. The second kappa shape index (κ2) is 8.80. The van der Waals surface area contributed by atoms with Crippen molar-refractivity contribution in [2.45, 2.75) is 125 Å². The maximum Gasteiger partial charge on any atom is 0.312 e. The lowest BCUT2D eigenvalue weighted by molar-refractivity contribution is -0.250. The Kier molecular flexibility index (Phi) is 6.57. The minimum Gasteiger partial charge on any atom is -0.469 e. The third-order valence-electron chi connectivity index (χ3n) is 13.8. The summed E-state index contributed by atoms with van der Waals surface area (Å²) in [5.74, 6) is -0.316. The first-order valence-corrected chi connectivity index (χ1v) is 15.3. The van der Waals surface area contributed by atoms with Gasteiger partial charge in [-0.25, -0.2) is 0 Å². The second-order valence-corrected chi connectivity index (χ2v) is 15.7. The Bertz CT molecular complexity index is 1080. The first-order chi connectivity index (χ1) is 17.9. The molecule has 0 aromatic carbocycles. The standard InChI is InChI=1S/C33H52O6/c1-19-12-15-33(27(36)38-9)17-16-30(6)21(25(33)32(19,8)37)10-11-23-29(5)14-13-24(39-20(2)34)28(3,4)26(29)22(35)18-31(23,30)7/h10,19,22-26,35,37H,11-18H2,1-9H3/t19-,22-,23-,24+,25-,26+,29-,30-,31-,32-,33+/m1/s1. The van der Waals surface area contributed by atoms with Crippen LogP contribution in [0.1, 0.15) is 107 Å². The van der Waals surface area contributed by atoms with Gasteiger partial charge in [0.1, 0.15) is 6.10 Å². The van der Waals surface area contributed by atoms with Gasteiger partial charge in [0.15, 0.2) is 0 Å². The second-order valence-electron chi connectivity index (χ2n) is 15.7. The van der Waals surface area contributed by atoms with Gasteiger partial charge in [-0.15, -0.1) is 0 Å². The number of fused-ring (bicyclic) bond motifs is 7. The van der Waals surface area contributed by atoms with Crippen molar-refractivity contribution in [3.8, 4) is 0 Å². The number of aliphatic hydroxyl groups is 2. The molecule has 2 N–H and O–H groups in total. The van der Waals surface area contributed by atoms with E-state index in [-0.39, 0.29) is 57.5 Å². The average molecular weight is 545 g/mol. The van der Waals surface area contributed by atoms with Crippen molar-refractivity contribution < 1.29 is 29.3 Å². The summed E-state index contributed by atoms with van der Waals surface area (Å²) >= 11 is 0. The molecule has 39 heavy (non-hydrogen) atoms. The zero-order valence-corrected chi connectivity index (χ0v) is 25.7. The summed E-state index contributed by atoms with van der Waals surface area (Å²) in [7, 11) is 1.48. The Morgan fingerprint density at radius 2 is 1.67 bits per heavy atom. The van der Waals surface area contributed by atoms with Crippen LogP contribution in [-0.2, 0) is 19.1 Å². The molecule has 220 valence electrons. The van der Waals surface area contributed by atoms with E-state index in [0.717, 1.165) is 38.5 Å². The summed E-state index contributed by atoms with van der Waals surface area (Å²) in [6.45, 7) is 17.0. The van der Waals surface area contributed by atoms with Crippen LogP contribution in [0.25, 0.3) is 0 Å². The van der Waals surface area contributed by atoms with E-state index in [1.54, 1.807) is 0 Å². The van der Waals surface area contributed by atoms with Gasteiger partial charge in [0.05, 0.1) is 24.2 Å². The summed E-state index contributed by atoms with van der Waals surface area (Å²) in [6, 6.07) is 0. The van der Waals surface area contributed by atoms with E-state index in [1.165, 1.54) is 19.6 Å². The number of allylic oxidation sites excluding steroid dienone is 1. The lowest BCUT2D eigenvalue weighted by Crippen LogP contribution is -2.70. The first-order valence-electron chi connectivity index (χ1n) is 15.3. The molecule has 4 fully saturated rings. The molecule has 0 aliphatic heterocycles. The molecule has 6 heteroatoms. The van der Waals surface area contributed by atoms with Crippen molar-refractivity contribution in [1.82, 2.24) is 0 Å². The monoisotopic (exact) mass is 544 g/mol. The molecular weight excluding hydrogens is 492 g/mol. The van der Waals surface area contributed by atoms with Gasteiger partial charge in [0.2, 0.25) is 0 Å². The minimum atomic E-state index is -1.02. The number of carbonyl (C=O) groups is 2. The lowest BCUT2D eigenvalue weighted by atomic mass is 9.32. The fourth-order valence-electron chi connectivity index (χ4n) is 11.6. The fourth-order valence-corrected chi connectivity index (χ4v) is 11.6. The van der Waals surface area contributed by atoms with Gasteiger partial charge in [-0.2, -0.15) is 0 Å². The lowest BCUT2D eigenvalue weighted by Gasteiger charge is -2.72. The molecule has 0 unspecified atom stereocenters. The highest BCUT2D eigenvalue weighted by atomic mass is 16.5. The van der Waals surface area contributed by atoms with E-state index in [4.69, 9.17) is 9.47 Å². The van der Waals surface area contributed by atoms with Gasteiger partial charge >= 0.3 is 11.9 Å². The van der Waals surface area contributed by atoms with Crippen LogP contribution in [0, 0.1) is 50.7 Å². The van der Waals surface area contributed by atoms with Crippen molar-refractivity contribution >= 4 is 11.9 Å². The summed E-state index contributed by atoms with van der Waals surface area (Å²) in [5.41, 5.74) is -1.45. The van der Waals surface area contributed by atoms with Crippen LogP contribution in [0.5, 0.6) is 0 Å². The predicted octanol–water partition coefficient (Wildman–Crippen LogP) is 5.83. The molecule has 0 amide bonds. The molecule has 0 saturated heterocycles.